The molecule has 192 valence electrons. The number of fused-ring (bicyclic) bond motifs is 5. The van der Waals surface area contributed by atoms with Crippen LogP contribution >= 0.6 is 0 Å². The molecule has 0 amide bonds. The quantitative estimate of drug-likeness (QED) is 0.257. The summed E-state index contributed by atoms with van der Waals surface area (Å²) < 4.78 is 0. The van der Waals surface area contributed by atoms with Crippen LogP contribution in [0.2, 0.25) is 0 Å². The molecule has 0 spiro atoms. The van der Waals surface area contributed by atoms with Gasteiger partial charge in [0, 0.05) is 11.6 Å². The van der Waals surface area contributed by atoms with Gasteiger partial charge in [0.15, 0.2) is 6.29 Å². The van der Waals surface area contributed by atoms with E-state index in [1.54, 1.807) is 0 Å². The van der Waals surface area contributed by atoms with Gasteiger partial charge in [-0.25, -0.2) is 0 Å². The van der Waals surface area contributed by atoms with E-state index < -0.39 is 0 Å². The van der Waals surface area contributed by atoms with Gasteiger partial charge in [0.05, 0.1) is 22.7 Å². The summed E-state index contributed by atoms with van der Waals surface area (Å²) in [6.07, 6.45) is 5.81. The number of hydrogen-bond acceptors (Lipinski definition) is 3. The molecule has 5 aromatic rings. The molecule has 1 N–H and O–H groups in total. The predicted octanol–water partition coefficient (Wildman–Crippen LogP) is 9.34. The lowest BCUT2D eigenvalue weighted by molar-refractivity contribution is 0.804. The van der Waals surface area contributed by atoms with Gasteiger partial charge >= 0.3 is 0 Å². The van der Waals surface area contributed by atoms with Crippen molar-refractivity contribution in [2.45, 2.75) is 18.6 Å². The Bertz CT molecular complexity index is 1770. The Balaban J connectivity index is 1.20. The molecule has 2 heterocycles. The van der Waals surface area contributed by atoms with Gasteiger partial charge in [-0.05, 0) is 70.7 Å². The number of nitrogens with one attached hydrogen (secondary N) is 1. The van der Waals surface area contributed by atoms with Gasteiger partial charge < -0.3 is 10.2 Å². The average molecular weight is 516 g/mol. The summed E-state index contributed by atoms with van der Waals surface area (Å²) in [5.74, 6) is 0.276. The molecular weight excluding hydrogens is 486 g/mol. The van der Waals surface area contributed by atoms with Crippen LogP contribution in [0.1, 0.15) is 29.0 Å². The summed E-state index contributed by atoms with van der Waals surface area (Å²) in [4.78, 5) is 4.86. The Hall–Kier alpha value is -5.02. The molecule has 0 aromatic heterocycles. The van der Waals surface area contributed by atoms with E-state index >= 15 is 0 Å². The smallest absolute Gasteiger partial charge is 0.187 e. The van der Waals surface area contributed by atoms with Crippen LogP contribution in [0.4, 0.5) is 28.4 Å². The first kappa shape index (κ1) is 22.9. The summed E-state index contributed by atoms with van der Waals surface area (Å²) >= 11 is 0. The lowest BCUT2D eigenvalue weighted by Crippen LogP contribution is -2.40. The van der Waals surface area contributed by atoms with Crippen LogP contribution < -0.4 is 15.1 Å². The fourth-order valence-electron chi connectivity index (χ4n) is 6.46. The van der Waals surface area contributed by atoms with Crippen LogP contribution in [-0.2, 0) is 0 Å². The van der Waals surface area contributed by atoms with E-state index in [9.17, 15) is 0 Å². The Morgan fingerprint density at radius 2 is 1.23 bits per heavy atom. The zero-order chi connectivity index (χ0) is 26.5. The van der Waals surface area contributed by atoms with Crippen molar-refractivity contribution < 1.29 is 0 Å². The van der Waals surface area contributed by atoms with E-state index in [-0.39, 0.29) is 12.2 Å². The third-order valence-corrected chi connectivity index (χ3v) is 8.32. The zero-order valence-corrected chi connectivity index (χ0v) is 22.1. The Morgan fingerprint density at radius 1 is 0.575 bits per heavy atom. The van der Waals surface area contributed by atoms with Crippen LogP contribution in [-0.4, -0.2) is 6.29 Å². The van der Waals surface area contributed by atoms with E-state index in [2.05, 4.69) is 161 Å². The molecule has 3 heteroatoms. The van der Waals surface area contributed by atoms with Gasteiger partial charge in [-0.2, -0.15) is 0 Å². The van der Waals surface area contributed by atoms with Crippen LogP contribution in [0, 0.1) is 0 Å². The highest BCUT2D eigenvalue weighted by Gasteiger charge is 2.42. The van der Waals surface area contributed by atoms with Crippen molar-refractivity contribution in [3.8, 4) is 0 Å². The molecule has 3 nitrogen and oxygen atoms in total. The Kier molecular flexibility index (Phi) is 5.34. The number of rotatable bonds is 4. The molecule has 8 rings (SSSR count). The first-order chi connectivity index (χ1) is 19.8. The third-order valence-electron chi connectivity index (χ3n) is 8.32. The van der Waals surface area contributed by atoms with Crippen LogP contribution in [0.25, 0.3) is 11.1 Å². The molecule has 3 aliphatic rings. The molecule has 2 unspecified atom stereocenters. The van der Waals surface area contributed by atoms with Crippen molar-refractivity contribution in [2.75, 3.05) is 15.1 Å². The molecule has 1 aliphatic carbocycles. The van der Waals surface area contributed by atoms with Gasteiger partial charge in [0.1, 0.15) is 0 Å². The van der Waals surface area contributed by atoms with Crippen molar-refractivity contribution >= 4 is 39.6 Å². The number of allylic oxidation sites excluding steroid dienone is 4. The van der Waals surface area contributed by atoms with E-state index in [0.717, 1.165) is 6.42 Å². The molecular formula is C37H29N3. The highest BCUT2D eigenvalue weighted by atomic mass is 15.5. The summed E-state index contributed by atoms with van der Waals surface area (Å²) in [7, 11) is 0. The van der Waals surface area contributed by atoms with E-state index in [1.165, 1.54) is 56.3 Å². The van der Waals surface area contributed by atoms with Crippen molar-refractivity contribution in [3.63, 3.8) is 0 Å². The minimum Gasteiger partial charge on any atom is -0.346 e. The maximum Gasteiger partial charge on any atom is 0.187 e. The number of benzene rings is 5. The van der Waals surface area contributed by atoms with Gasteiger partial charge in [-0.1, -0.05) is 109 Å². The van der Waals surface area contributed by atoms with Crippen molar-refractivity contribution in [1.29, 1.82) is 0 Å². The first-order valence-electron chi connectivity index (χ1n) is 14.0. The fourth-order valence-corrected chi connectivity index (χ4v) is 6.46. The fraction of sp³-hybridized carbons (Fsp3) is 0.0811. The Morgan fingerprint density at radius 3 is 2.00 bits per heavy atom. The second-order valence-corrected chi connectivity index (χ2v) is 10.7. The second kappa shape index (κ2) is 9.32. The number of hydrogen-bond donors (Lipinski definition) is 1. The maximum atomic E-state index is 3.78. The largest absolute Gasteiger partial charge is 0.346 e. The maximum absolute atomic E-state index is 3.78. The van der Waals surface area contributed by atoms with Crippen LogP contribution in [0.3, 0.4) is 0 Å². The standard InChI is InChI=1S/C37H29N3/c1-3-12-26(13-4-1)29-22-30(27-14-5-2-6-15-27)24-31(23-29)28-16-11-17-32(25-28)39-35-20-9-10-21-36(35)40-34-19-8-7-18-33(34)38-37(39)40/h1-23,25,31,37-38H,24H2. The molecule has 0 radical (unpaired) electrons. The number of anilines is 5. The Labute approximate surface area is 235 Å². The van der Waals surface area contributed by atoms with E-state index in [4.69, 9.17) is 0 Å². The zero-order valence-electron chi connectivity index (χ0n) is 22.1. The van der Waals surface area contributed by atoms with Gasteiger partial charge in [-0.3, -0.25) is 4.90 Å². The van der Waals surface area contributed by atoms with Gasteiger partial charge in [0.25, 0.3) is 0 Å². The molecule has 40 heavy (non-hydrogen) atoms. The van der Waals surface area contributed by atoms with Crippen LogP contribution in [0.5, 0.6) is 0 Å². The average Bonchev–Trinajstić information content (AvgIpc) is 3.56. The predicted molar refractivity (Wildman–Crippen MR) is 167 cm³/mol. The summed E-state index contributed by atoms with van der Waals surface area (Å²) in [6, 6.07) is 48.0. The van der Waals surface area contributed by atoms with Gasteiger partial charge in [-0.15, -0.1) is 0 Å². The second-order valence-electron chi connectivity index (χ2n) is 10.7. The molecule has 0 saturated carbocycles. The topological polar surface area (TPSA) is 18.5 Å². The third kappa shape index (κ3) is 3.74. The van der Waals surface area contributed by atoms with Crippen molar-refractivity contribution in [3.05, 3.63) is 162 Å². The first-order valence-corrected chi connectivity index (χ1v) is 14.0. The monoisotopic (exact) mass is 515 g/mol. The number of para-hydroxylation sites is 4. The van der Waals surface area contributed by atoms with Crippen molar-refractivity contribution in [2.24, 2.45) is 0 Å². The van der Waals surface area contributed by atoms with E-state index in [1.807, 2.05) is 0 Å². The molecule has 0 saturated heterocycles. The van der Waals surface area contributed by atoms with E-state index in [0.29, 0.717) is 0 Å². The summed E-state index contributed by atoms with van der Waals surface area (Å²) in [5.41, 5.74) is 12.6. The van der Waals surface area contributed by atoms with Gasteiger partial charge in [0.2, 0.25) is 0 Å². The lowest BCUT2D eigenvalue weighted by Gasteiger charge is -2.29. The SMILES string of the molecule is C1=C(c2ccccc2)C=C(c2ccccc2)CC1c1cccc(N2c3ccccc3N3c4ccccc4NC23)c1. The van der Waals surface area contributed by atoms with Crippen LogP contribution in [0.15, 0.2) is 146 Å². The minimum absolute atomic E-state index is 0.00611. The number of nitrogens with zero attached hydrogens (tertiary/aromatic N) is 2. The molecule has 2 atom stereocenters. The lowest BCUT2D eigenvalue weighted by atomic mass is 9.81. The molecule has 2 aliphatic heterocycles. The minimum atomic E-state index is 0.00611. The summed E-state index contributed by atoms with van der Waals surface area (Å²) in [5, 5.41) is 3.78. The molecule has 0 fully saturated rings. The molecule has 5 aromatic carbocycles. The normalized spacial score (nSPS) is 18.8. The highest BCUT2D eigenvalue weighted by molar-refractivity contribution is 5.96. The van der Waals surface area contributed by atoms with Crippen molar-refractivity contribution in [1.82, 2.24) is 0 Å². The molecule has 0 bridgehead atoms. The highest BCUT2D eigenvalue weighted by Crippen LogP contribution is 2.53. The summed E-state index contributed by atoms with van der Waals surface area (Å²) in [6.45, 7) is 0.